The summed E-state index contributed by atoms with van der Waals surface area (Å²) in [7, 11) is -3.31. The molecule has 1 N–H and O–H groups in total. The Balaban J connectivity index is 1.68. The number of allylic oxidation sites excluding steroid dienone is 1. The number of rotatable bonds is 10. The lowest BCUT2D eigenvalue weighted by molar-refractivity contribution is -0.121. The number of sulfonamides is 1. The molecule has 1 amide bonds. The van der Waals surface area contributed by atoms with Gasteiger partial charge in [0, 0.05) is 45.7 Å². The van der Waals surface area contributed by atoms with Gasteiger partial charge in [0.1, 0.15) is 0 Å². The highest BCUT2D eigenvalue weighted by atomic mass is 32.2. The summed E-state index contributed by atoms with van der Waals surface area (Å²) in [5, 5.41) is 2.91. The molecule has 0 bridgehead atoms. The minimum absolute atomic E-state index is 0.0820. The number of carbonyl (C=O) groups is 1. The van der Waals surface area contributed by atoms with Gasteiger partial charge in [-0.1, -0.05) is 11.6 Å². The second kappa shape index (κ2) is 11.0. The zero-order valence-corrected chi connectivity index (χ0v) is 16.7. The summed E-state index contributed by atoms with van der Waals surface area (Å²) in [6.07, 6.45) is 9.39. The van der Waals surface area contributed by atoms with Gasteiger partial charge in [-0.25, -0.2) is 12.7 Å². The van der Waals surface area contributed by atoms with Crippen molar-refractivity contribution in [2.24, 2.45) is 0 Å². The number of hydrogen-bond donors (Lipinski definition) is 1. The van der Waals surface area contributed by atoms with E-state index in [0.717, 1.165) is 32.4 Å². The first-order valence-electron chi connectivity index (χ1n) is 9.65. The molecule has 26 heavy (non-hydrogen) atoms. The van der Waals surface area contributed by atoms with Crippen LogP contribution in [0.3, 0.4) is 0 Å². The summed E-state index contributed by atoms with van der Waals surface area (Å²) < 4.78 is 30.7. The van der Waals surface area contributed by atoms with Gasteiger partial charge in [0.05, 0.1) is 19.5 Å². The minimum atomic E-state index is -3.31. The maximum Gasteiger partial charge on any atom is 0.221 e. The maximum absolute atomic E-state index is 12.0. The molecule has 2 aliphatic rings. The molecular weight excluding hydrogens is 354 g/mol. The number of ether oxygens (including phenoxy) is 1. The number of nitrogens with zero attached hydrogens (tertiary/aromatic N) is 2. The number of nitrogens with one attached hydrogen (secondary N) is 1. The van der Waals surface area contributed by atoms with Crippen molar-refractivity contribution in [3.8, 4) is 0 Å². The van der Waals surface area contributed by atoms with E-state index < -0.39 is 10.0 Å². The fourth-order valence-corrected chi connectivity index (χ4v) is 4.17. The highest BCUT2D eigenvalue weighted by molar-refractivity contribution is 7.88. The fraction of sp³-hybridized carbons (Fsp3) is 0.833. The largest absolute Gasteiger partial charge is 0.379 e. The van der Waals surface area contributed by atoms with Crippen molar-refractivity contribution in [1.29, 1.82) is 0 Å². The molecule has 1 aliphatic carbocycles. The first-order valence-corrected chi connectivity index (χ1v) is 11.5. The van der Waals surface area contributed by atoms with Crippen molar-refractivity contribution in [3.63, 3.8) is 0 Å². The Morgan fingerprint density at radius 3 is 2.69 bits per heavy atom. The topological polar surface area (TPSA) is 79.0 Å². The summed E-state index contributed by atoms with van der Waals surface area (Å²) in [6, 6.07) is 0. The molecule has 0 radical (unpaired) electrons. The van der Waals surface area contributed by atoms with Crippen LogP contribution in [-0.2, 0) is 19.6 Å². The van der Waals surface area contributed by atoms with E-state index in [2.05, 4.69) is 16.3 Å². The molecule has 1 aliphatic heterocycles. The summed E-state index contributed by atoms with van der Waals surface area (Å²) >= 11 is 0. The standard InChI is InChI=1S/C18H33N3O4S/c1-26(23,24)21(12-11-20-13-15-25-16-14-20)10-8-18(22)19-9-7-17-5-3-2-4-6-17/h5H,2-4,6-16H2,1H3,(H,19,22). The van der Waals surface area contributed by atoms with E-state index >= 15 is 0 Å². The molecule has 0 spiro atoms. The lowest BCUT2D eigenvalue weighted by atomic mass is 9.97. The van der Waals surface area contributed by atoms with Crippen LogP contribution in [0.25, 0.3) is 0 Å². The molecule has 0 unspecified atom stereocenters. The molecule has 2 rings (SSSR count). The number of carbonyl (C=O) groups excluding carboxylic acids is 1. The molecule has 0 aromatic heterocycles. The van der Waals surface area contributed by atoms with Crippen LogP contribution in [-0.4, -0.2) is 82.3 Å². The van der Waals surface area contributed by atoms with Crippen molar-refractivity contribution in [2.75, 3.05) is 58.7 Å². The first-order chi connectivity index (χ1) is 12.4. The minimum Gasteiger partial charge on any atom is -0.379 e. The van der Waals surface area contributed by atoms with Gasteiger partial charge < -0.3 is 10.1 Å². The van der Waals surface area contributed by atoms with Crippen molar-refractivity contribution >= 4 is 15.9 Å². The van der Waals surface area contributed by atoms with Crippen LogP contribution in [0.1, 0.15) is 38.5 Å². The van der Waals surface area contributed by atoms with Gasteiger partial charge >= 0.3 is 0 Å². The van der Waals surface area contributed by atoms with E-state index in [1.807, 2.05) is 0 Å². The predicted octanol–water partition coefficient (Wildman–Crippen LogP) is 0.977. The van der Waals surface area contributed by atoms with Crippen LogP contribution in [0.5, 0.6) is 0 Å². The third-order valence-electron chi connectivity index (χ3n) is 4.98. The Bertz CT molecular complexity index is 571. The summed E-state index contributed by atoms with van der Waals surface area (Å²) in [5.41, 5.74) is 1.43. The molecule has 0 atom stereocenters. The Morgan fingerprint density at radius 2 is 2.04 bits per heavy atom. The SMILES string of the molecule is CS(=O)(=O)N(CCC(=O)NCCC1=CCCCC1)CCN1CCOCC1. The highest BCUT2D eigenvalue weighted by Crippen LogP contribution is 2.19. The van der Waals surface area contributed by atoms with E-state index in [1.165, 1.54) is 29.0 Å². The van der Waals surface area contributed by atoms with E-state index in [4.69, 9.17) is 4.74 Å². The van der Waals surface area contributed by atoms with Gasteiger partial charge in [-0.3, -0.25) is 9.69 Å². The van der Waals surface area contributed by atoms with E-state index in [0.29, 0.717) is 32.8 Å². The predicted molar refractivity (Wildman–Crippen MR) is 102 cm³/mol. The molecule has 1 heterocycles. The molecule has 0 aromatic carbocycles. The van der Waals surface area contributed by atoms with E-state index in [-0.39, 0.29) is 18.9 Å². The van der Waals surface area contributed by atoms with Crippen LogP contribution in [0.15, 0.2) is 11.6 Å². The zero-order chi connectivity index (χ0) is 18.8. The quantitative estimate of drug-likeness (QED) is 0.565. The monoisotopic (exact) mass is 387 g/mol. The van der Waals surface area contributed by atoms with Crippen molar-refractivity contribution in [1.82, 2.24) is 14.5 Å². The molecular formula is C18H33N3O4S. The summed E-state index contributed by atoms with van der Waals surface area (Å²) in [4.78, 5) is 14.2. The molecule has 150 valence electrons. The second-order valence-electron chi connectivity index (χ2n) is 7.07. The molecule has 7 nitrogen and oxygen atoms in total. The fourth-order valence-electron chi connectivity index (χ4n) is 3.33. The number of amides is 1. The van der Waals surface area contributed by atoms with Gasteiger partial charge in [-0.15, -0.1) is 0 Å². The van der Waals surface area contributed by atoms with Crippen molar-refractivity contribution in [2.45, 2.75) is 38.5 Å². The van der Waals surface area contributed by atoms with Crippen LogP contribution < -0.4 is 5.32 Å². The average Bonchev–Trinajstić information content (AvgIpc) is 2.62. The lowest BCUT2D eigenvalue weighted by Crippen LogP contribution is -2.43. The van der Waals surface area contributed by atoms with Crippen LogP contribution in [0.4, 0.5) is 0 Å². The zero-order valence-electron chi connectivity index (χ0n) is 15.9. The van der Waals surface area contributed by atoms with E-state index in [1.54, 1.807) is 0 Å². The first kappa shape index (κ1) is 21.3. The maximum atomic E-state index is 12.0. The highest BCUT2D eigenvalue weighted by Gasteiger charge is 2.20. The molecule has 0 saturated carbocycles. The van der Waals surface area contributed by atoms with Gasteiger partial charge in [0.25, 0.3) is 0 Å². The number of hydrogen-bond acceptors (Lipinski definition) is 5. The molecule has 8 heteroatoms. The average molecular weight is 388 g/mol. The normalized spacial score (nSPS) is 19.4. The van der Waals surface area contributed by atoms with Gasteiger partial charge in [-0.2, -0.15) is 0 Å². The Morgan fingerprint density at radius 1 is 1.27 bits per heavy atom. The van der Waals surface area contributed by atoms with Crippen LogP contribution >= 0.6 is 0 Å². The van der Waals surface area contributed by atoms with Gasteiger partial charge in [0.2, 0.25) is 15.9 Å². The lowest BCUT2D eigenvalue weighted by Gasteiger charge is -2.29. The van der Waals surface area contributed by atoms with Crippen molar-refractivity contribution < 1.29 is 17.9 Å². The molecule has 1 saturated heterocycles. The summed E-state index contributed by atoms with van der Waals surface area (Å²) in [6.45, 7) is 5.00. The Hall–Kier alpha value is -0.960. The second-order valence-corrected chi connectivity index (χ2v) is 9.06. The number of morpholine rings is 1. The van der Waals surface area contributed by atoms with Crippen molar-refractivity contribution in [3.05, 3.63) is 11.6 Å². The van der Waals surface area contributed by atoms with Gasteiger partial charge in [0.15, 0.2) is 0 Å². The third-order valence-corrected chi connectivity index (χ3v) is 6.28. The third kappa shape index (κ3) is 8.16. The summed E-state index contributed by atoms with van der Waals surface area (Å²) in [5.74, 6) is -0.0820. The van der Waals surface area contributed by atoms with Crippen LogP contribution in [0.2, 0.25) is 0 Å². The molecule has 1 fully saturated rings. The molecule has 0 aromatic rings. The Labute approximate surface area is 157 Å². The van der Waals surface area contributed by atoms with Crippen LogP contribution in [0, 0.1) is 0 Å². The smallest absolute Gasteiger partial charge is 0.221 e. The van der Waals surface area contributed by atoms with E-state index in [9.17, 15) is 13.2 Å². The van der Waals surface area contributed by atoms with Gasteiger partial charge in [-0.05, 0) is 32.1 Å². The Kier molecular flexibility index (Phi) is 9.04.